The molecule has 0 amide bonds. The molecule has 0 saturated heterocycles. The Labute approximate surface area is 51.2 Å². The van der Waals surface area contributed by atoms with E-state index in [9.17, 15) is 9.59 Å². The van der Waals surface area contributed by atoms with Gasteiger partial charge in [0.15, 0.2) is 0 Å². The quantitative estimate of drug-likeness (QED) is 0.403. The molecule has 41 valence electrons. The van der Waals surface area contributed by atoms with Gasteiger partial charge in [0.05, 0.1) is 0 Å². The van der Waals surface area contributed by atoms with Crippen LogP contribution in [0.15, 0.2) is 0 Å². The zero-order chi connectivity index (χ0) is 5.15. The predicted molar refractivity (Wildman–Crippen MR) is 18.3 cm³/mol. The Bertz CT molecular complexity index is 76.2. The molecule has 0 unspecified atom stereocenters. The molecule has 0 aromatic rings. The van der Waals surface area contributed by atoms with Crippen LogP contribution in [-0.4, -0.2) is 16.9 Å². The Morgan fingerprint density at radius 3 is 1.57 bits per heavy atom. The van der Waals surface area contributed by atoms with Gasteiger partial charge in [0.2, 0.25) is 5.78 Å². The molecule has 0 saturated carbocycles. The Kier molecular flexibility index (Phi) is 5.38. The number of rotatable bonds is 1. The van der Waals surface area contributed by atoms with Gasteiger partial charge in [-0.2, -0.15) is 0 Å². The summed E-state index contributed by atoms with van der Waals surface area (Å²) in [7, 11) is 0. The van der Waals surface area contributed by atoms with Crippen LogP contribution in [0.2, 0.25) is 0 Å². The Morgan fingerprint density at radius 1 is 1.43 bits per heavy atom. The molecular formula is C3H4MnO3. The summed E-state index contributed by atoms with van der Waals surface area (Å²) in [6.45, 7) is 1.00. The fourth-order valence-corrected chi connectivity index (χ4v) is 0. The van der Waals surface area contributed by atoms with E-state index in [0.29, 0.717) is 0 Å². The minimum Gasteiger partial charge on any atom is -0.476 e. The van der Waals surface area contributed by atoms with Gasteiger partial charge in [-0.05, 0) is 0 Å². The van der Waals surface area contributed by atoms with Gasteiger partial charge in [0.25, 0.3) is 0 Å². The first-order valence-electron chi connectivity index (χ1n) is 1.38. The maximum Gasteiger partial charge on any atom is 0.371 e. The largest absolute Gasteiger partial charge is 0.476 e. The van der Waals surface area contributed by atoms with Crippen LogP contribution in [0.4, 0.5) is 0 Å². The van der Waals surface area contributed by atoms with Crippen LogP contribution >= 0.6 is 0 Å². The predicted octanol–water partition coefficient (Wildman–Crippen LogP) is -0.343. The number of hydrogen-bond donors (Lipinski definition) is 1. The minimum absolute atomic E-state index is 0. The van der Waals surface area contributed by atoms with Crippen molar-refractivity contribution in [3.8, 4) is 0 Å². The molecule has 4 heteroatoms. The molecule has 0 aliphatic heterocycles. The van der Waals surface area contributed by atoms with E-state index in [-0.39, 0.29) is 17.1 Å². The molecule has 0 rings (SSSR count). The number of hydrogen-bond acceptors (Lipinski definition) is 2. The monoisotopic (exact) mass is 143 g/mol. The molecule has 0 heterocycles. The first-order valence-corrected chi connectivity index (χ1v) is 1.38. The van der Waals surface area contributed by atoms with Gasteiger partial charge in [-0.1, -0.05) is 0 Å². The maximum atomic E-state index is 9.54. The van der Waals surface area contributed by atoms with E-state index in [0.717, 1.165) is 6.92 Å². The van der Waals surface area contributed by atoms with Crippen molar-refractivity contribution in [2.75, 3.05) is 0 Å². The molecule has 7 heavy (non-hydrogen) atoms. The number of ketones is 1. The summed E-state index contributed by atoms with van der Waals surface area (Å²) in [5.74, 6) is -2.20. The third-order valence-electron chi connectivity index (χ3n) is 0.301. The van der Waals surface area contributed by atoms with E-state index < -0.39 is 11.8 Å². The number of Topliss-reactive ketones (excluding diaryl/α,β-unsaturated/α-hetero) is 1. The summed E-state index contributed by atoms with van der Waals surface area (Å²) in [6, 6.07) is 0. The van der Waals surface area contributed by atoms with Crippen LogP contribution < -0.4 is 0 Å². The second-order valence-electron chi connectivity index (χ2n) is 0.861. The fourth-order valence-electron chi connectivity index (χ4n) is 0. The van der Waals surface area contributed by atoms with Crippen LogP contribution in [0.3, 0.4) is 0 Å². The normalized spacial score (nSPS) is 6.43. The fraction of sp³-hybridized carbons (Fsp3) is 0.333. The van der Waals surface area contributed by atoms with Crippen molar-refractivity contribution in [2.24, 2.45) is 0 Å². The number of carboxylic acid groups (broad SMARTS) is 1. The molecule has 0 bridgehead atoms. The summed E-state index contributed by atoms with van der Waals surface area (Å²) < 4.78 is 0. The zero-order valence-corrected chi connectivity index (χ0v) is 4.82. The number of carboxylic acids is 1. The average molecular weight is 143 g/mol. The Hall–Kier alpha value is -0.341. The molecule has 0 aliphatic carbocycles. The summed E-state index contributed by atoms with van der Waals surface area (Å²) in [4.78, 5) is 18.9. The van der Waals surface area contributed by atoms with Crippen molar-refractivity contribution in [2.45, 2.75) is 6.92 Å². The smallest absolute Gasteiger partial charge is 0.371 e. The molecular weight excluding hydrogens is 139 g/mol. The van der Waals surface area contributed by atoms with Crippen LogP contribution in [0, 0.1) is 0 Å². The Balaban J connectivity index is 0. The van der Waals surface area contributed by atoms with E-state index in [2.05, 4.69) is 0 Å². The topological polar surface area (TPSA) is 54.4 Å². The third kappa shape index (κ3) is 5.66. The van der Waals surface area contributed by atoms with Gasteiger partial charge in [0, 0.05) is 24.0 Å². The molecule has 0 aliphatic rings. The van der Waals surface area contributed by atoms with Crippen molar-refractivity contribution < 1.29 is 31.8 Å². The molecule has 0 aromatic heterocycles. The van der Waals surface area contributed by atoms with Crippen LogP contribution in [0.5, 0.6) is 0 Å². The van der Waals surface area contributed by atoms with Crippen molar-refractivity contribution in [1.29, 1.82) is 0 Å². The van der Waals surface area contributed by atoms with Gasteiger partial charge in [-0.15, -0.1) is 0 Å². The van der Waals surface area contributed by atoms with E-state index in [1.54, 1.807) is 0 Å². The van der Waals surface area contributed by atoms with Crippen molar-refractivity contribution in [3.63, 3.8) is 0 Å². The number of carbonyl (C=O) groups excluding carboxylic acids is 1. The van der Waals surface area contributed by atoms with Crippen molar-refractivity contribution >= 4 is 11.8 Å². The Morgan fingerprint density at radius 2 is 1.57 bits per heavy atom. The van der Waals surface area contributed by atoms with E-state index in [1.165, 1.54) is 0 Å². The van der Waals surface area contributed by atoms with Crippen LogP contribution in [0.25, 0.3) is 0 Å². The van der Waals surface area contributed by atoms with E-state index in [4.69, 9.17) is 5.11 Å². The zero-order valence-electron chi connectivity index (χ0n) is 3.64. The van der Waals surface area contributed by atoms with Crippen molar-refractivity contribution in [1.82, 2.24) is 0 Å². The summed E-state index contributed by atoms with van der Waals surface area (Å²) in [6.07, 6.45) is 0. The molecule has 0 spiro atoms. The van der Waals surface area contributed by atoms with E-state index in [1.807, 2.05) is 0 Å². The van der Waals surface area contributed by atoms with E-state index >= 15 is 0 Å². The molecule has 0 fully saturated rings. The first-order chi connectivity index (χ1) is 2.64. The van der Waals surface area contributed by atoms with Gasteiger partial charge in [-0.25, -0.2) is 4.79 Å². The van der Waals surface area contributed by atoms with Crippen LogP contribution in [0.1, 0.15) is 6.92 Å². The molecule has 1 radical (unpaired) electrons. The van der Waals surface area contributed by atoms with Gasteiger partial charge < -0.3 is 5.11 Å². The minimum atomic E-state index is -1.38. The van der Waals surface area contributed by atoms with Gasteiger partial charge >= 0.3 is 5.97 Å². The SMILES string of the molecule is CC(=O)C(=O)O.[Mn]. The maximum absolute atomic E-state index is 9.54. The number of carbonyl (C=O) groups is 2. The summed E-state index contributed by atoms with van der Waals surface area (Å²) >= 11 is 0. The second kappa shape index (κ2) is 3.84. The van der Waals surface area contributed by atoms with Crippen molar-refractivity contribution in [3.05, 3.63) is 0 Å². The van der Waals surface area contributed by atoms with Gasteiger partial charge in [-0.3, -0.25) is 4.79 Å². The van der Waals surface area contributed by atoms with Gasteiger partial charge in [0.1, 0.15) is 0 Å². The molecule has 0 atom stereocenters. The average Bonchev–Trinajstić information content (AvgIpc) is 1.36. The molecule has 1 N–H and O–H groups in total. The molecule has 0 aromatic carbocycles. The first kappa shape index (κ1) is 9.82. The third-order valence-corrected chi connectivity index (χ3v) is 0.301. The number of aliphatic carboxylic acids is 1. The standard InChI is InChI=1S/C3H4O3.Mn/c1-2(4)3(5)6;/h1H3,(H,5,6);. The second-order valence-corrected chi connectivity index (χ2v) is 0.861. The summed E-state index contributed by atoms with van der Waals surface area (Å²) in [5.41, 5.74) is 0. The molecule has 3 nitrogen and oxygen atoms in total. The summed E-state index contributed by atoms with van der Waals surface area (Å²) in [5, 5.41) is 7.64. The van der Waals surface area contributed by atoms with Crippen LogP contribution in [-0.2, 0) is 26.7 Å².